The van der Waals surface area contributed by atoms with Crippen molar-refractivity contribution < 1.29 is 9.53 Å². The largest absolute Gasteiger partial charge is 0.496 e. The van der Waals surface area contributed by atoms with Crippen molar-refractivity contribution in [2.45, 2.75) is 32.4 Å². The van der Waals surface area contributed by atoms with Gasteiger partial charge in [-0.25, -0.2) is 4.68 Å². The molecule has 0 bridgehead atoms. The Hall–Kier alpha value is -1.83. The monoisotopic (exact) mass is 399 g/mol. The first kappa shape index (κ1) is 20.5. The predicted octanol–water partition coefficient (Wildman–Crippen LogP) is 2.52. The first-order valence-corrected chi connectivity index (χ1v) is 8.71. The molecular formula is C17H23Cl2N5O2. The SMILES string of the molecule is COc1cc(Cl)ccc1CNC(=O)c1nnn(C2CCNCC2)c1C.Cl. The predicted molar refractivity (Wildman–Crippen MR) is 102 cm³/mol. The highest BCUT2D eigenvalue weighted by Gasteiger charge is 2.22. The number of methoxy groups -OCH3 is 1. The summed E-state index contributed by atoms with van der Waals surface area (Å²) >= 11 is 5.96. The Balaban J connectivity index is 0.00000243. The molecule has 0 atom stereocenters. The minimum absolute atomic E-state index is 0. The number of carbonyl (C=O) groups is 1. The summed E-state index contributed by atoms with van der Waals surface area (Å²) in [4.78, 5) is 12.5. The second-order valence-corrected chi connectivity index (χ2v) is 6.52. The Morgan fingerprint density at radius 2 is 2.15 bits per heavy atom. The molecular weight excluding hydrogens is 377 g/mol. The molecule has 26 heavy (non-hydrogen) atoms. The number of halogens is 2. The van der Waals surface area contributed by atoms with Crippen molar-refractivity contribution in [2.24, 2.45) is 0 Å². The maximum absolute atomic E-state index is 12.5. The Bertz CT molecular complexity index is 760. The number of nitrogens with zero attached hydrogens (tertiary/aromatic N) is 3. The van der Waals surface area contributed by atoms with E-state index in [1.807, 2.05) is 17.7 Å². The van der Waals surface area contributed by atoms with Crippen LogP contribution in [0.4, 0.5) is 0 Å². The summed E-state index contributed by atoms with van der Waals surface area (Å²) in [5.41, 5.74) is 2.02. The van der Waals surface area contributed by atoms with Gasteiger partial charge in [-0.15, -0.1) is 17.5 Å². The maximum Gasteiger partial charge on any atom is 0.274 e. The van der Waals surface area contributed by atoms with Crippen LogP contribution in [0.3, 0.4) is 0 Å². The number of amides is 1. The molecule has 2 heterocycles. The quantitative estimate of drug-likeness (QED) is 0.806. The number of nitrogens with one attached hydrogen (secondary N) is 2. The average Bonchev–Trinajstić information content (AvgIpc) is 3.02. The fourth-order valence-electron chi connectivity index (χ4n) is 3.07. The second-order valence-electron chi connectivity index (χ2n) is 6.09. The number of benzene rings is 1. The van der Waals surface area contributed by atoms with Gasteiger partial charge in [-0.3, -0.25) is 4.79 Å². The zero-order valence-electron chi connectivity index (χ0n) is 14.8. The van der Waals surface area contributed by atoms with Crippen LogP contribution in [0.2, 0.25) is 5.02 Å². The smallest absolute Gasteiger partial charge is 0.274 e. The van der Waals surface area contributed by atoms with Crippen molar-refractivity contribution in [3.63, 3.8) is 0 Å². The summed E-state index contributed by atoms with van der Waals surface area (Å²) in [6.07, 6.45) is 1.99. The summed E-state index contributed by atoms with van der Waals surface area (Å²) in [6, 6.07) is 5.62. The van der Waals surface area contributed by atoms with Gasteiger partial charge in [0.05, 0.1) is 18.8 Å². The first-order chi connectivity index (χ1) is 12.1. The van der Waals surface area contributed by atoms with E-state index in [0.29, 0.717) is 29.1 Å². The van der Waals surface area contributed by atoms with Crippen molar-refractivity contribution in [1.82, 2.24) is 25.6 Å². The summed E-state index contributed by atoms with van der Waals surface area (Å²) in [5, 5.41) is 15.1. The normalized spacial score (nSPS) is 14.6. The summed E-state index contributed by atoms with van der Waals surface area (Å²) < 4.78 is 7.17. The van der Waals surface area contributed by atoms with Crippen LogP contribution >= 0.6 is 24.0 Å². The highest BCUT2D eigenvalue weighted by atomic mass is 35.5. The lowest BCUT2D eigenvalue weighted by Gasteiger charge is -2.23. The molecule has 0 spiro atoms. The summed E-state index contributed by atoms with van der Waals surface area (Å²) in [5.74, 6) is 0.401. The van der Waals surface area contributed by atoms with Crippen LogP contribution in [0.1, 0.15) is 40.6 Å². The van der Waals surface area contributed by atoms with E-state index in [0.717, 1.165) is 37.2 Å². The van der Waals surface area contributed by atoms with Gasteiger partial charge in [0.15, 0.2) is 5.69 Å². The topological polar surface area (TPSA) is 81.1 Å². The molecule has 7 nitrogen and oxygen atoms in total. The minimum Gasteiger partial charge on any atom is -0.496 e. The Labute approximate surface area is 163 Å². The molecule has 0 radical (unpaired) electrons. The Kier molecular flexibility index (Phi) is 7.25. The molecule has 2 N–H and O–H groups in total. The first-order valence-electron chi connectivity index (χ1n) is 8.33. The van der Waals surface area contributed by atoms with Crippen molar-refractivity contribution in [2.75, 3.05) is 20.2 Å². The molecule has 9 heteroatoms. The molecule has 1 aliphatic heterocycles. The second kappa shape index (κ2) is 9.21. The van der Waals surface area contributed by atoms with Crippen molar-refractivity contribution in [1.29, 1.82) is 0 Å². The van der Waals surface area contributed by atoms with Crippen LogP contribution < -0.4 is 15.4 Å². The van der Waals surface area contributed by atoms with Gasteiger partial charge < -0.3 is 15.4 Å². The van der Waals surface area contributed by atoms with Crippen LogP contribution in [0.5, 0.6) is 5.75 Å². The fourth-order valence-corrected chi connectivity index (χ4v) is 3.23. The lowest BCUT2D eigenvalue weighted by atomic mass is 10.1. The third kappa shape index (κ3) is 4.47. The Morgan fingerprint density at radius 3 is 2.85 bits per heavy atom. The van der Waals surface area contributed by atoms with Gasteiger partial charge in [0, 0.05) is 17.1 Å². The standard InChI is InChI=1S/C17H22ClN5O2.ClH/c1-11-16(21-22-23(11)14-5-7-19-8-6-14)17(24)20-10-12-3-4-13(18)9-15(12)25-2;/h3-4,9,14,19H,5-8,10H2,1-2H3,(H,20,24);1H. The van der Waals surface area contributed by atoms with Gasteiger partial charge in [0.2, 0.25) is 0 Å². The highest BCUT2D eigenvalue weighted by Crippen LogP contribution is 2.23. The molecule has 2 aromatic rings. The van der Waals surface area contributed by atoms with Crippen LogP contribution in [0.25, 0.3) is 0 Å². The zero-order valence-corrected chi connectivity index (χ0v) is 16.4. The fraction of sp³-hybridized carbons (Fsp3) is 0.471. The molecule has 142 valence electrons. The molecule has 0 unspecified atom stereocenters. The number of ether oxygens (including phenoxy) is 1. The van der Waals surface area contributed by atoms with Crippen molar-refractivity contribution in [3.05, 3.63) is 40.2 Å². The van der Waals surface area contributed by atoms with E-state index in [1.54, 1.807) is 19.2 Å². The van der Waals surface area contributed by atoms with Crippen molar-refractivity contribution in [3.8, 4) is 5.75 Å². The van der Waals surface area contributed by atoms with E-state index in [4.69, 9.17) is 16.3 Å². The van der Waals surface area contributed by atoms with E-state index in [1.165, 1.54) is 0 Å². The minimum atomic E-state index is -0.241. The third-order valence-electron chi connectivity index (χ3n) is 4.49. The maximum atomic E-state index is 12.5. The molecule has 1 fully saturated rings. The molecule has 1 aromatic carbocycles. The van der Waals surface area contributed by atoms with E-state index < -0.39 is 0 Å². The van der Waals surface area contributed by atoms with E-state index in [2.05, 4.69) is 20.9 Å². The molecule has 1 amide bonds. The van der Waals surface area contributed by atoms with Gasteiger partial charge in [-0.05, 0) is 45.0 Å². The molecule has 0 aliphatic carbocycles. The average molecular weight is 400 g/mol. The number of hydrogen-bond donors (Lipinski definition) is 2. The molecule has 0 saturated carbocycles. The highest BCUT2D eigenvalue weighted by molar-refractivity contribution is 6.30. The van der Waals surface area contributed by atoms with Crippen molar-refractivity contribution >= 4 is 29.9 Å². The van der Waals surface area contributed by atoms with Crippen LogP contribution in [0, 0.1) is 6.92 Å². The van der Waals surface area contributed by atoms with Crippen LogP contribution in [0.15, 0.2) is 18.2 Å². The molecule has 1 saturated heterocycles. The van der Waals surface area contributed by atoms with E-state index in [-0.39, 0.29) is 18.3 Å². The van der Waals surface area contributed by atoms with Crippen LogP contribution in [-0.4, -0.2) is 41.1 Å². The van der Waals surface area contributed by atoms with Gasteiger partial charge in [-0.2, -0.15) is 0 Å². The lowest BCUT2D eigenvalue weighted by Crippen LogP contribution is -2.30. The zero-order chi connectivity index (χ0) is 17.8. The Morgan fingerprint density at radius 1 is 1.42 bits per heavy atom. The number of rotatable bonds is 5. The molecule has 1 aromatic heterocycles. The summed E-state index contributed by atoms with van der Waals surface area (Å²) in [7, 11) is 1.58. The van der Waals surface area contributed by atoms with Gasteiger partial charge in [0.1, 0.15) is 5.75 Å². The molecule has 1 aliphatic rings. The molecule has 3 rings (SSSR count). The number of piperidine rings is 1. The number of hydrogen-bond acceptors (Lipinski definition) is 5. The van der Waals surface area contributed by atoms with Gasteiger partial charge in [0.25, 0.3) is 5.91 Å². The summed E-state index contributed by atoms with van der Waals surface area (Å²) in [6.45, 7) is 4.14. The van der Waals surface area contributed by atoms with Gasteiger partial charge >= 0.3 is 0 Å². The number of aromatic nitrogens is 3. The van der Waals surface area contributed by atoms with E-state index >= 15 is 0 Å². The lowest BCUT2D eigenvalue weighted by molar-refractivity contribution is 0.0945. The van der Waals surface area contributed by atoms with E-state index in [9.17, 15) is 4.79 Å². The number of carbonyl (C=O) groups excluding carboxylic acids is 1. The van der Waals surface area contributed by atoms with Gasteiger partial charge in [-0.1, -0.05) is 22.9 Å². The third-order valence-corrected chi connectivity index (χ3v) is 4.72. The van der Waals surface area contributed by atoms with Crippen LogP contribution in [-0.2, 0) is 6.54 Å².